The van der Waals surface area contributed by atoms with E-state index in [1.54, 1.807) is 6.07 Å². The van der Waals surface area contributed by atoms with Crippen LogP contribution in [0.4, 0.5) is 23.1 Å². The normalized spacial score (nSPS) is 20.5. The van der Waals surface area contributed by atoms with E-state index in [1.165, 1.54) is 12.5 Å². The van der Waals surface area contributed by atoms with Crippen molar-refractivity contribution in [3.05, 3.63) is 30.2 Å². The summed E-state index contributed by atoms with van der Waals surface area (Å²) in [5.41, 5.74) is 6.20. The average molecular weight is 313 g/mol. The molecule has 1 fully saturated rings. The lowest BCUT2D eigenvalue weighted by molar-refractivity contribution is 0.0839. The summed E-state index contributed by atoms with van der Waals surface area (Å²) in [6, 6.07) is 3.46. The molecule has 2 aromatic rings. The summed E-state index contributed by atoms with van der Waals surface area (Å²) in [6.07, 6.45) is 4.88. The fourth-order valence-electron chi connectivity index (χ4n) is 2.53. The minimum Gasteiger partial charge on any atom is -0.398 e. The second-order valence-corrected chi connectivity index (χ2v) is 5.90. The van der Waals surface area contributed by atoms with E-state index in [0.29, 0.717) is 35.9 Å². The largest absolute Gasteiger partial charge is 0.398 e. The van der Waals surface area contributed by atoms with E-state index in [2.05, 4.69) is 20.3 Å². The van der Waals surface area contributed by atoms with Crippen LogP contribution < -0.4 is 16.0 Å². The van der Waals surface area contributed by atoms with Gasteiger partial charge < -0.3 is 26.5 Å². The smallest absolute Gasteiger partial charge is 0.137 e. The minimum absolute atomic E-state index is 0.474. The summed E-state index contributed by atoms with van der Waals surface area (Å²) >= 11 is 0. The van der Waals surface area contributed by atoms with E-state index in [1.807, 2.05) is 17.9 Å². The standard InChI is InChI=1S/C15H19N7O/c1-15(23)2-3-22(8-15)14-5-13(19-9-20-14)21-12-4-11(17)10(6-16)7-18-12/h4-7,9,16,23H,2-3,8H2,1H3,(H3,17,18,19,20,21). The molecule has 0 aliphatic carbocycles. The van der Waals surface area contributed by atoms with Crippen LogP contribution in [0, 0.1) is 5.41 Å². The number of hydrogen-bond donors (Lipinski definition) is 4. The van der Waals surface area contributed by atoms with Gasteiger partial charge in [0.05, 0.1) is 5.60 Å². The first-order valence-electron chi connectivity index (χ1n) is 7.29. The Morgan fingerprint density at radius 3 is 2.78 bits per heavy atom. The molecule has 8 heteroatoms. The third-order valence-electron chi connectivity index (χ3n) is 3.81. The molecule has 23 heavy (non-hydrogen) atoms. The quantitative estimate of drug-likeness (QED) is 0.624. The van der Waals surface area contributed by atoms with Gasteiger partial charge in [0.15, 0.2) is 0 Å². The van der Waals surface area contributed by atoms with Gasteiger partial charge in [-0.25, -0.2) is 15.0 Å². The van der Waals surface area contributed by atoms with Crippen molar-refractivity contribution in [1.82, 2.24) is 15.0 Å². The van der Waals surface area contributed by atoms with Crippen LogP contribution in [-0.2, 0) is 0 Å². The van der Waals surface area contributed by atoms with Gasteiger partial charge in [0.1, 0.15) is 23.8 Å². The summed E-state index contributed by atoms with van der Waals surface area (Å²) in [7, 11) is 0. The third kappa shape index (κ3) is 3.37. The molecule has 5 N–H and O–H groups in total. The number of nitrogens with zero attached hydrogens (tertiary/aromatic N) is 4. The summed E-state index contributed by atoms with van der Waals surface area (Å²) in [4.78, 5) is 14.7. The van der Waals surface area contributed by atoms with Gasteiger partial charge in [-0.15, -0.1) is 0 Å². The molecule has 3 heterocycles. The van der Waals surface area contributed by atoms with Crippen molar-refractivity contribution >= 4 is 29.4 Å². The SMILES string of the molecule is CC1(O)CCN(c2cc(Nc3cc(N)c(C=N)cn3)ncn2)C1. The molecule has 0 saturated carbocycles. The van der Waals surface area contributed by atoms with E-state index in [0.717, 1.165) is 18.6 Å². The van der Waals surface area contributed by atoms with Gasteiger partial charge in [-0.3, -0.25) is 0 Å². The molecular weight excluding hydrogens is 294 g/mol. The third-order valence-corrected chi connectivity index (χ3v) is 3.81. The molecule has 1 aliphatic heterocycles. The average Bonchev–Trinajstić information content (AvgIpc) is 2.88. The maximum atomic E-state index is 10.1. The first-order chi connectivity index (χ1) is 11.0. The number of nitrogens with one attached hydrogen (secondary N) is 2. The molecule has 120 valence electrons. The lowest BCUT2D eigenvalue weighted by Crippen LogP contribution is -2.30. The molecule has 0 amide bonds. The van der Waals surface area contributed by atoms with Crippen molar-refractivity contribution < 1.29 is 5.11 Å². The molecule has 0 radical (unpaired) electrons. The molecule has 0 bridgehead atoms. The van der Waals surface area contributed by atoms with E-state index in [-0.39, 0.29) is 0 Å². The van der Waals surface area contributed by atoms with Gasteiger partial charge >= 0.3 is 0 Å². The van der Waals surface area contributed by atoms with Crippen LogP contribution in [0.1, 0.15) is 18.9 Å². The maximum absolute atomic E-state index is 10.1. The Bertz CT molecular complexity index is 732. The van der Waals surface area contributed by atoms with Gasteiger partial charge in [0.2, 0.25) is 0 Å². The summed E-state index contributed by atoms with van der Waals surface area (Å²) < 4.78 is 0. The molecule has 8 nitrogen and oxygen atoms in total. The van der Waals surface area contributed by atoms with Crippen LogP contribution in [0.2, 0.25) is 0 Å². The van der Waals surface area contributed by atoms with Crippen LogP contribution in [-0.4, -0.2) is 45.0 Å². The van der Waals surface area contributed by atoms with E-state index in [4.69, 9.17) is 11.1 Å². The van der Waals surface area contributed by atoms with E-state index >= 15 is 0 Å². The zero-order valence-electron chi connectivity index (χ0n) is 12.8. The monoisotopic (exact) mass is 313 g/mol. The van der Waals surface area contributed by atoms with Gasteiger partial charge in [-0.2, -0.15) is 0 Å². The topological polar surface area (TPSA) is 124 Å². The first-order valence-corrected chi connectivity index (χ1v) is 7.29. The molecule has 1 unspecified atom stereocenters. The highest BCUT2D eigenvalue weighted by molar-refractivity contribution is 5.85. The molecule has 1 aliphatic rings. The van der Waals surface area contributed by atoms with Crippen LogP contribution >= 0.6 is 0 Å². The Labute approximate surface area is 133 Å². The molecule has 1 atom stereocenters. The summed E-state index contributed by atoms with van der Waals surface area (Å²) in [6.45, 7) is 3.12. The van der Waals surface area contributed by atoms with Crippen LogP contribution in [0.25, 0.3) is 0 Å². The van der Waals surface area contributed by atoms with Gasteiger partial charge in [0.25, 0.3) is 0 Å². The number of aromatic nitrogens is 3. The number of hydrogen-bond acceptors (Lipinski definition) is 8. The predicted octanol–water partition coefficient (Wildman–Crippen LogP) is 1.16. The first kappa shape index (κ1) is 15.2. The number of β-amino-alcohol motifs (C(OH)–C–C–N with tert-alkyl or cyclic N) is 1. The van der Waals surface area contributed by atoms with Gasteiger partial charge in [-0.05, 0) is 13.3 Å². The van der Waals surface area contributed by atoms with E-state index < -0.39 is 5.60 Å². The Balaban J connectivity index is 1.78. The number of aliphatic hydroxyl groups is 1. The number of anilines is 4. The number of nitrogen functional groups attached to an aromatic ring is 1. The van der Waals surface area contributed by atoms with E-state index in [9.17, 15) is 5.11 Å². The molecule has 0 spiro atoms. The van der Waals surface area contributed by atoms with Crippen molar-refractivity contribution in [2.24, 2.45) is 0 Å². The number of rotatable bonds is 4. The van der Waals surface area contributed by atoms with Crippen LogP contribution in [0.3, 0.4) is 0 Å². The highest BCUT2D eigenvalue weighted by Crippen LogP contribution is 2.26. The van der Waals surface area contributed by atoms with Crippen molar-refractivity contribution in [2.75, 3.05) is 29.0 Å². The lowest BCUT2D eigenvalue weighted by atomic mass is 10.1. The maximum Gasteiger partial charge on any atom is 0.137 e. The van der Waals surface area contributed by atoms with Crippen molar-refractivity contribution in [3.63, 3.8) is 0 Å². The second-order valence-electron chi connectivity index (χ2n) is 5.90. The van der Waals surface area contributed by atoms with Crippen molar-refractivity contribution in [3.8, 4) is 0 Å². The number of pyridine rings is 1. The predicted molar refractivity (Wildman–Crippen MR) is 89.3 cm³/mol. The van der Waals surface area contributed by atoms with Crippen LogP contribution in [0.15, 0.2) is 24.7 Å². The second kappa shape index (κ2) is 5.81. The molecule has 0 aromatic carbocycles. The zero-order valence-corrected chi connectivity index (χ0v) is 12.8. The Morgan fingerprint density at radius 2 is 2.13 bits per heavy atom. The van der Waals surface area contributed by atoms with Gasteiger partial charge in [0, 0.05) is 48.9 Å². The zero-order chi connectivity index (χ0) is 16.4. The van der Waals surface area contributed by atoms with Gasteiger partial charge in [-0.1, -0.05) is 0 Å². The Kier molecular flexibility index (Phi) is 3.83. The highest BCUT2D eigenvalue weighted by atomic mass is 16.3. The fourth-order valence-corrected chi connectivity index (χ4v) is 2.53. The Hall–Kier alpha value is -2.74. The molecule has 2 aromatic heterocycles. The minimum atomic E-state index is -0.683. The molecule has 1 saturated heterocycles. The Morgan fingerprint density at radius 1 is 1.35 bits per heavy atom. The van der Waals surface area contributed by atoms with Crippen LogP contribution in [0.5, 0.6) is 0 Å². The lowest BCUT2D eigenvalue weighted by Gasteiger charge is -2.20. The van der Waals surface area contributed by atoms with Crippen molar-refractivity contribution in [1.29, 1.82) is 5.41 Å². The van der Waals surface area contributed by atoms with Crippen molar-refractivity contribution in [2.45, 2.75) is 18.9 Å². The fraction of sp³-hybridized carbons (Fsp3) is 0.333. The summed E-state index contributed by atoms with van der Waals surface area (Å²) in [5.74, 6) is 1.89. The molecular formula is C15H19N7O. The highest BCUT2D eigenvalue weighted by Gasteiger charge is 2.32. The number of nitrogens with two attached hydrogens (primary N) is 1. The summed E-state index contributed by atoms with van der Waals surface area (Å²) in [5, 5.41) is 20.4. The molecule has 3 rings (SSSR count).